The smallest absolute Gasteiger partial charge is 0.282 e. The lowest BCUT2D eigenvalue weighted by Crippen LogP contribution is -2.31. The van der Waals surface area contributed by atoms with Crippen LogP contribution in [-0.2, 0) is 0 Å². The SMILES string of the molecule is CCCCN(C(=O)SCC)C(C)c1ccccc1. The number of nitrogens with zero attached hydrogens (tertiary/aromatic N) is 1. The van der Waals surface area contributed by atoms with Crippen molar-refractivity contribution in [2.45, 2.75) is 39.7 Å². The number of thioether (sulfide) groups is 1. The Kier molecular flexibility index (Phi) is 6.88. The van der Waals surface area contributed by atoms with E-state index in [2.05, 4.69) is 26.0 Å². The van der Waals surface area contributed by atoms with Gasteiger partial charge in [0.25, 0.3) is 5.24 Å². The summed E-state index contributed by atoms with van der Waals surface area (Å²) < 4.78 is 0. The topological polar surface area (TPSA) is 20.3 Å². The third-order valence-electron chi connectivity index (χ3n) is 3.00. The number of carbonyl (C=O) groups excluding carboxylic acids is 1. The maximum absolute atomic E-state index is 12.2. The van der Waals surface area contributed by atoms with Crippen LogP contribution in [0.1, 0.15) is 45.2 Å². The average Bonchev–Trinajstić information content (AvgIpc) is 2.40. The highest BCUT2D eigenvalue weighted by Crippen LogP contribution is 2.24. The molecule has 0 aliphatic carbocycles. The predicted molar refractivity (Wildman–Crippen MR) is 80.0 cm³/mol. The first-order chi connectivity index (χ1) is 8.70. The molecule has 0 fully saturated rings. The first-order valence-corrected chi connectivity index (χ1v) is 7.67. The van der Waals surface area contributed by atoms with E-state index in [0.717, 1.165) is 25.1 Å². The molecule has 1 atom stereocenters. The minimum Gasteiger partial charge on any atom is -0.327 e. The number of amides is 1. The fraction of sp³-hybridized carbons (Fsp3) is 0.533. The van der Waals surface area contributed by atoms with Gasteiger partial charge < -0.3 is 4.90 Å². The highest BCUT2D eigenvalue weighted by molar-refractivity contribution is 8.13. The summed E-state index contributed by atoms with van der Waals surface area (Å²) in [6, 6.07) is 10.4. The van der Waals surface area contributed by atoms with Gasteiger partial charge in [-0.05, 0) is 24.7 Å². The zero-order valence-electron chi connectivity index (χ0n) is 11.6. The van der Waals surface area contributed by atoms with Crippen LogP contribution in [0.4, 0.5) is 4.79 Å². The minimum atomic E-state index is 0.157. The Morgan fingerprint density at radius 1 is 1.28 bits per heavy atom. The Labute approximate surface area is 115 Å². The summed E-state index contributed by atoms with van der Waals surface area (Å²) in [5, 5.41) is 0.197. The summed E-state index contributed by atoms with van der Waals surface area (Å²) in [7, 11) is 0. The van der Waals surface area contributed by atoms with Gasteiger partial charge in [0.15, 0.2) is 0 Å². The predicted octanol–water partition coefficient (Wildman–Crippen LogP) is 4.72. The maximum atomic E-state index is 12.2. The lowest BCUT2D eigenvalue weighted by Gasteiger charge is -2.29. The van der Waals surface area contributed by atoms with Crippen molar-refractivity contribution in [3.05, 3.63) is 35.9 Å². The fourth-order valence-corrected chi connectivity index (χ4v) is 2.55. The standard InChI is InChI=1S/C15H23NOS/c1-4-6-12-16(15(17)18-5-2)13(3)14-10-8-7-9-11-14/h7-11,13H,4-6,12H2,1-3H3. The number of benzene rings is 1. The van der Waals surface area contributed by atoms with Crippen LogP contribution < -0.4 is 0 Å². The van der Waals surface area contributed by atoms with E-state index in [9.17, 15) is 4.79 Å². The van der Waals surface area contributed by atoms with Gasteiger partial charge in [-0.1, -0.05) is 62.4 Å². The van der Waals surface area contributed by atoms with E-state index in [1.807, 2.05) is 30.0 Å². The van der Waals surface area contributed by atoms with Gasteiger partial charge in [-0.2, -0.15) is 0 Å². The molecule has 0 N–H and O–H groups in total. The number of rotatable bonds is 6. The van der Waals surface area contributed by atoms with E-state index in [4.69, 9.17) is 0 Å². The Morgan fingerprint density at radius 3 is 2.50 bits per heavy atom. The largest absolute Gasteiger partial charge is 0.327 e. The van der Waals surface area contributed by atoms with E-state index in [0.29, 0.717) is 0 Å². The third kappa shape index (κ3) is 4.37. The number of hydrogen-bond donors (Lipinski definition) is 0. The van der Waals surface area contributed by atoms with E-state index in [1.165, 1.54) is 17.3 Å². The van der Waals surface area contributed by atoms with Crippen molar-refractivity contribution in [1.82, 2.24) is 4.90 Å². The second kappa shape index (κ2) is 8.20. The molecule has 0 radical (unpaired) electrons. The van der Waals surface area contributed by atoms with Gasteiger partial charge in [0, 0.05) is 6.54 Å². The van der Waals surface area contributed by atoms with Crippen LogP contribution in [0.2, 0.25) is 0 Å². The van der Waals surface area contributed by atoms with Crippen molar-refractivity contribution < 1.29 is 4.79 Å². The Hall–Kier alpha value is -0.960. The van der Waals surface area contributed by atoms with Crippen LogP contribution >= 0.6 is 11.8 Å². The minimum absolute atomic E-state index is 0.157. The van der Waals surface area contributed by atoms with Crippen molar-refractivity contribution in [2.24, 2.45) is 0 Å². The molecule has 0 heterocycles. The quantitative estimate of drug-likeness (QED) is 0.741. The van der Waals surface area contributed by atoms with E-state index in [1.54, 1.807) is 0 Å². The first-order valence-electron chi connectivity index (χ1n) is 6.69. The van der Waals surface area contributed by atoms with Crippen molar-refractivity contribution in [3.8, 4) is 0 Å². The molecule has 0 saturated carbocycles. The summed E-state index contributed by atoms with van der Waals surface area (Å²) in [6.45, 7) is 7.13. The van der Waals surface area contributed by atoms with Crippen LogP contribution in [0, 0.1) is 0 Å². The van der Waals surface area contributed by atoms with Crippen LogP contribution in [0.3, 0.4) is 0 Å². The van der Waals surface area contributed by atoms with Crippen LogP contribution in [0.15, 0.2) is 30.3 Å². The van der Waals surface area contributed by atoms with Crippen molar-refractivity contribution in [1.29, 1.82) is 0 Å². The molecular weight excluding hydrogens is 242 g/mol. The molecule has 0 aliphatic rings. The molecule has 1 amide bonds. The highest BCUT2D eigenvalue weighted by Gasteiger charge is 2.20. The van der Waals surface area contributed by atoms with E-state index >= 15 is 0 Å². The van der Waals surface area contributed by atoms with E-state index < -0.39 is 0 Å². The molecule has 1 unspecified atom stereocenters. The fourth-order valence-electron chi connectivity index (χ4n) is 1.89. The molecule has 0 aliphatic heterocycles. The molecule has 1 aromatic carbocycles. The zero-order valence-corrected chi connectivity index (χ0v) is 12.4. The summed E-state index contributed by atoms with van der Waals surface area (Å²) in [5.74, 6) is 0.836. The molecule has 0 aromatic heterocycles. The molecule has 0 saturated heterocycles. The number of unbranched alkanes of at least 4 members (excludes halogenated alkanes) is 1. The average molecular weight is 265 g/mol. The molecule has 3 heteroatoms. The first kappa shape index (κ1) is 15.1. The monoisotopic (exact) mass is 265 g/mol. The lowest BCUT2D eigenvalue weighted by atomic mass is 10.1. The van der Waals surface area contributed by atoms with Gasteiger partial charge in [-0.25, -0.2) is 0 Å². The highest BCUT2D eigenvalue weighted by atomic mass is 32.2. The zero-order chi connectivity index (χ0) is 13.4. The molecule has 100 valence electrons. The van der Waals surface area contributed by atoms with Crippen molar-refractivity contribution in [3.63, 3.8) is 0 Å². The second-order valence-electron chi connectivity index (χ2n) is 4.33. The molecule has 1 rings (SSSR count). The van der Waals surface area contributed by atoms with Gasteiger partial charge in [-0.15, -0.1) is 0 Å². The molecule has 18 heavy (non-hydrogen) atoms. The van der Waals surface area contributed by atoms with Gasteiger partial charge in [0.05, 0.1) is 6.04 Å². The van der Waals surface area contributed by atoms with Gasteiger partial charge >= 0.3 is 0 Å². The van der Waals surface area contributed by atoms with Crippen molar-refractivity contribution in [2.75, 3.05) is 12.3 Å². The Balaban J connectivity index is 2.78. The maximum Gasteiger partial charge on any atom is 0.282 e. The molecule has 1 aromatic rings. The molecule has 0 spiro atoms. The van der Waals surface area contributed by atoms with Gasteiger partial charge in [0.2, 0.25) is 0 Å². The van der Waals surface area contributed by atoms with Gasteiger partial charge in [0.1, 0.15) is 0 Å². The number of hydrogen-bond acceptors (Lipinski definition) is 2. The Bertz CT molecular complexity index is 353. The third-order valence-corrected chi connectivity index (χ3v) is 3.77. The summed E-state index contributed by atoms with van der Waals surface area (Å²) in [4.78, 5) is 14.1. The van der Waals surface area contributed by atoms with Crippen LogP contribution in [0.25, 0.3) is 0 Å². The summed E-state index contributed by atoms with van der Waals surface area (Å²) in [6.07, 6.45) is 2.18. The molecular formula is C15H23NOS. The lowest BCUT2D eigenvalue weighted by molar-refractivity contribution is 0.203. The second-order valence-corrected chi connectivity index (χ2v) is 5.55. The van der Waals surface area contributed by atoms with E-state index in [-0.39, 0.29) is 11.3 Å². The van der Waals surface area contributed by atoms with Crippen molar-refractivity contribution >= 4 is 17.0 Å². The summed E-state index contributed by atoms with van der Waals surface area (Å²) in [5.41, 5.74) is 1.21. The molecule has 2 nitrogen and oxygen atoms in total. The molecule has 0 bridgehead atoms. The summed E-state index contributed by atoms with van der Waals surface area (Å²) >= 11 is 1.40. The van der Waals surface area contributed by atoms with Crippen LogP contribution in [0.5, 0.6) is 0 Å². The normalized spacial score (nSPS) is 12.2. The Morgan fingerprint density at radius 2 is 1.94 bits per heavy atom. The van der Waals surface area contributed by atoms with Crippen LogP contribution in [-0.4, -0.2) is 22.4 Å². The van der Waals surface area contributed by atoms with Gasteiger partial charge in [-0.3, -0.25) is 4.79 Å². The number of carbonyl (C=O) groups is 1.